The fourth-order valence-electron chi connectivity index (χ4n) is 1.21. The molecule has 0 bridgehead atoms. The molecule has 1 rings (SSSR count). The highest BCUT2D eigenvalue weighted by atomic mass is 16.4. The average Bonchev–Trinajstić information content (AvgIpc) is 2.77. The van der Waals surface area contributed by atoms with E-state index in [0.717, 1.165) is 0 Å². The summed E-state index contributed by atoms with van der Waals surface area (Å²) in [6.07, 6.45) is 0.276. The Hall–Kier alpha value is -1.82. The van der Waals surface area contributed by atoms with Crippen molar-refractivity contribution in [3.63, 3.8) is 0 Å². The van der Waals surface area contributed by atoms with Crippen LogP contribution in [-0.4, -0.2) is 22.5 Å². The van der Waals surface area contributed by atoms with Crippen molar-refractivity contribution in [3.05, 3.63) is 23.7 Å². The maximum absolute atomic E-state index is 11.7. The maximum Gasteiger partial charge on any atom is 0.329 e. The number of aliphatic carboxylic acids is 1. The molecule has 1 aromatic rings. The summed E-state index contributed by atoms with van der Waals surface area (Å²) < 4.78 is 5.13. The summed E-state index contributed by atoms with van der Waals surface area (Å²) in [7, 11) is 0. The van der Waals surface area contributed by atoms with Crippen LogP contribution in [0.5, 0.6) is 0 Å². The average molecular weight is 240 g/mol. The van der Waals surface area contributed by atoms with Gasteiger partial charge in [0.1, 0.15) is 11.3 Å². The number of hydrogen-bond acceptors (Lipinski definition) is 4. The molecule has 94 valence electrons. The minimum absolute atomic E-state index is 0.0615. The van der Waals surface area contributed by atoms with Crippen molar-refractivity contribution in [3.8, 4) is 0 Å². The van der Waals surface area contributed by atoms with E-state index in [9.17, 15) is 9.59 Å². The third-order valence-corrected chi connectivity index (χ3v) is 2.66. The summed E-state index contributed by atoms with van der Waals surface area (Å²) >= 11 is 0. The first kappa shape index (κ1) is 13.2. The smallest absolute Gasteiger partial charge is 0.329 e. The van der Waals surface area contributed by atoms with Crippen molar-refractivity contribution in [2.45, 2.75) is 32.4 Å². The summed E-state index contributed by atoms with van der Waals surface area (Å²) in [5, 5.41) is 11.4. The zero-order valence-electron chi connectivity index (χ0n) is 9.82. The molecule has 1 atom stereocenters. The molecule has 1 heterocycles. The van der Waals surface area contributed by atoms with Crippen LogP contribution < -0.4 is 11.1 Å². The number of hydrogen-bond donors (Lipinski definition) is 3. The Morgan fingerprint density at radius 1 is 1.53 bits per heavy atom. The van der Waals surface area contributed by atoms with E-state index >= 15 is 0 Å². The second-order valence-electron chi connectivity index (χ2n) is 3.92. The number of carbonyl (C=O) groups excluding carboxylic acids is 1. The molecule has 6 heteroatoms. The van der Waals surface area contributed by atoms with Gasteiger partial charge in [0, 0.05) is 0 Å². The van der Waals surface area contributed by atoms with Crippen LogP contribution in [-0.2, 0) is 11.3 Å². The topological polar surface area (TPSA) is 106 Å². The van der Waals surface area contributed by atoms with Crippen molar-refractivity contribution in [1.82, 2.24) is 5.32 Å². The van der Waals surface area contributed by atoms with Gasteiger partial charge in [-0.25, -0.2) is 4.79 Å². The molecule has 1 aromatic heterocycles. The first-order chi connectivity index (χ1) is 7.92. The summed E-state index contributed by atoms with van der Waals surface area (Å²) in [6, 6.07) is 3.05. The fourth-order valence-corrected chi connectivity index (χ4v) is 1.21. The van der Waals surface area contributed by atoms with Crippen LogP contribution >= 0.6 is 0 Å². The van der Waals surface area contributed by atoms with Gasteiger partial charge in [-0.2, -0.15) is 0 Å². The summed E-state index contributed by atoms with van der Waals surface area (Å²) in [6.45, 7) is 3.32. The van der Waals surface area contributed by atoms with Gasteiger partial charge in [0.2, 0.25) is 0 Å². The van der Waals surface area contributed by atoms with E-state index in [1.165, 1.54) is 13.0 Å². The Kier molecular flexibility index (Phi) is 3.90. The molecule has 0 saturated carbocycles. The number of furan rings is 1. The van der Waals surface area contributed by atoms with Gasteiger partial charge < -0.3 is 20.6 Å². The molecule has 0 aliphatic rings. The van der Waals surface area contributed by atoms with Crippen molar-refractivity contribution in [2.75, 3.05) is 0 Å². The normalized spacial score (nSPS) is 14.1. The Morgan fingerprint density at radius 2 is 2.18 bits per heavy atom. The van der Waals surface area contributed by atoms with Gasteiger partial charge in [-0.3, -0.25) is 4.79 Å². The van der Waals surface area contributed by atoms with Gasteiger partial charge >= 0.3 is 5.97 Å². The fraction of sp³-hybridized carbons (Fsp3) is 0.455. The molecule has 1 unspecified atom stereocenters. The number of amides is 1. The number of nitrogens with one attached hydrogen (secondary N) is 1. The molecule has 0 radical (unpaired) electrons. The van der Waals surface area contributed by atoms with Crippen molar-refractivity contribution in [2.24, 2.45) is 5.73 Å². The molecule has 0 spiro atoms. The quantitative estimate of drug-likeness (QED) is 0.703. The SMILES string of the molecule is CCC(C)(NC(=O)c1ccc(CN)o1)C(=O)O. The number of rotatable bonds is 5. The molecule has 0 aromatic carbocycles. The molecule has 6 nitrogen and oxygen atoms in total. The molecule has 0 aliphatic carbocycles. The highest BCUT2D eigenvalue weighted by molar-refractivity contribution is 5.95. The predicted molar refractivity (Wildman–Crippen MR) is 60.4 cm³/mol. The van der Waals surface area contributed by atoms with E-state index in [-0.39, 0.29) is 18.7 Å². The van der Waals surface area contributed by atoms with Gasteiger partial charge in [-0.15, -0.1) is 0 Å². The Bertz CT molecular complexity index is 427. The van der Waals surface area contributed by atoms with Gasteiger partial charge in [-0.05, 0) is 25.5 Å². The lowest BCUT2D eigenvalue weighted by Crippen LogP contribution is -2.51. The predicted octanol–water partition coefficient (Wildman–Crippen LogP) is 0.721. The highest BCUT2D eigenvalue weighted by Gasteiger charge is 2.33. The van der Waals surface area contributed by atoms with E-state index in [1.807, 2.05) is 0 Å². The number of carboxylic acids is 1. The number of carbonyl (C=O) groups is 2. The molecular formula is C11H16N2O4. The largest absolute Gasteiger partial charge is 0.480 e. The van der Waals surface area contributed by atoms with Crippen LogP contribution in [0.4, 0.5) is 0 Å². The first-order valence-electron chi connectivity index (χ1n) is 5.27. The Labute approximate surface area is 98.8 Å². The second-order valence-corrected chi connectivity index (χ2v) is 3.92. The molecular weight excluding hydrogens is 224 g/mol. The lowest BCUT2D eigenvalue weighted by Gasteiger charge is -2.23. The minimum atomic E-state index is -1.30. The summed E-state index contributed by atoms with van der Waals surface area (Å²) in [5.74, 6) is -1.11. The Balaban J connectivity index is 2.81. The van der Waals surface area contributed by atoms with Crippen LogP contribution in [0.2, 0.25) is 0 Å². The lowest BCUT2D eigenvalue weighted by atomic mass is 9.99. The van der Waals surface area contributed by atoms with E-state index in [0.29, 0.717) is 5.76 Å². The standard InChI is InChI=1S/C11H16N2O4/c1-3-11(2,10(15)16)13-9(14)8-5-4-7(6-12)17-8/h4-5H,3,6,12H2,1-2H3,(H,13,14)(H,15,16). The lowest BCUT2D eigenvalue weighted by molar-refractivity contribution is -0.143. The first-order valence-corrected chi connectivity index (χ1v) is 5.27. The van der Waals surface area contributed by atoms with Gasteiger partial charge in [0.05, 0.1) is 6.54 Å². The highest BCUT2D eigenvalue weighted by Crippen LogP contribution is 2.13. The van der Waals surface area contributed by atoms with Crippen molar-refractivity contribution >= 4 is 11.9 Å². The van der Waals surface area contributed by atoms with E-state index in [1.54, 1.807) is 13.0 Å². The van der Waals surface area contributed by atoms with E-state index < -0.39 is 17.4 Å². The number of nitrogens with two attached hydrogens (primary N) is 1. The summed E-state index contributed by atoms with van der Waals surface area (Å²) in [4.78, 5) is 22.8. The maximum atomic E-state index is 11.7. The Morgan fingerprint density at radius 3 is 2.59 bits per heavy atom. The third-order valence-electron chi connectivity index (χ3n) is 2.66. The minimum Gasteiger partial charge on any atom is -0.480 e. The molecule has 0 aliphatic heterocycles. The molecule has 0 saturated heterocycles. The zero-order chi connectivity index (χ0) is 13.1. The second kappa shape index (κ2) is 5.01. The monoisotopic (exact) mass is 240 g/mol. The van der Waals surface area contributed by atoms with E-state index in [4.69, 9.17) is 15.3 Å². The third kappa shape index (κ3) is 2.85. The molecule has 4 N–H and O–H groups in total. The zero-order valence-corrected chi connectivity index (χ0v) is 9.82. The van der Waals surface area contributed by atoms with Gasteiger partial charge in [-0.1, -0.05) is 6.92 Å². The van der Waals surface area contributed by atoms with Crippen LogP contribution in [0, 0.1) is 0 Å². The molecule has 17 heavy (non-hydrogen) atoms. The van der Waals surface area contributed by atoms with Crippen molar-refractivity contribution < 1.29 is 19.1 Å². The molecule has 1 amide bonds. The molecule has 0 fully saturated rings. The van der Waals surface area contributed by atoms with Crippen LogP contribution in [0.3, 0.4) is 0 Å². The van der Waals surface area contributed by atoms with Gasteiger partial charge in [0.25, 0.3) is 5.91 Å². The van der Waals surface area contributed by atoms with Crippen molar-refractivity contribution in [1.29, 1.82) is 0 Å². The number of carboxylic acid groups (broad SMARTS) is 1. The van der Waals surface area contributed by atoms with Crippen LogP contribution in [0.15, 0.2) is 16.5 Å². The van der Waals surface area contributed by atoms with Crippen LogP contribution in [0.25, 0.3) is 0 Å². The van der Waals surface area contributed by atoms with E-state index in [2.05, 4.69) is 5.32 Å². The van der Waals surface area contributed by atoms with Gasteiger partial charge in [0.15, 0.2) is 5.76 Å². The van der Waals surface area contributed by atoms with Crippen LogP contribution in [0.1, 0.15) is 36.6 Å². The summed E-state index contributed by atoms with van der Waals surface area (Å²) in [5.41, 5.74) is 4.05.